The SMILES string of the molecule is COC(=O)c1c(NC(=O)C(Sc2cccc(NC(=O)c3cccs3)c2)c2ccccc2)sc2c1CCCC2. The molecule has 9 heteroatoms. The van der Waals surface area contributed by atoms with Gasteiger partial charge >= 0.3 is 5.97 Å². The topological polar surface area (TPSA) is 84.5 Å². The summed E-state index contributed by atoms with van der Waals surface area (Å²) in [5, 5.41) is 7.82. The van der Waals surface area contributed by atoms with Crippen molar-refractivity contribution in [2.75, 3.05) is 17.7 Å². The predicted molar refractivity (Wildman–Crippen MR) is 155 cm³/mol. The van der Waals surface area contributed by atoms with Crippen molar-refractivity contribution in [1.29, 1.82) is 0 Å². The van der Waals surface area contributed by atoms with Crippen molar-refractivity contribution in [2.24, 2.45) is 0 Å². The number of carbonyl (C=O) groups is 3. The number of benzene rings is 2. The number of thioether (sulfide) groups is 1. The van der Waals surface area contributed by atoms with Crippen molar-refractivity contribution in [3.05, 3.63) is 98.6 Å². The first-order chi connectivity index (χ1) is 18.5. The maximum atomic E-state index is 13.8. The molecular weight excluding hydrogens is 537 g/mol. The van der Waals surface area contributed by atoms with E-state index in [4.69, 9.17) is 4.74 Å². The Morgan fingerprint density at radius 1 is 0.947 bits per heavy atom. The Morgan fingerprint density at radius 2 is 1.76 bits per heavy atom. The van der Waals surface area contributed by atoms with Gasteiger partial charge in [-0.15, -0.1) is 34.4 Å². The summed E-state index contributed by atoms with van der Waals surface area (Å²) in [5.74, 6) is -0.813. The van der Waals surface area contributed by atoms with Crippen LogP contribution in [0.4, 0.5) is 10.7 Å². The molecule has 1 aliphatic rings. The van der Waals surface area contributed by atoms with Gasteiger partial charge in [-0.3, -0.25) is 9.59 Å². The zero-order valence-electron chi connectivity index (χ0n) is 20.7. The summed E-state index contributed by atoms with van der Waals surface area (Å²) in [6, 6.07) is 20.6. The highest BCUT2D eigenvalue weighted by Crippen LogP contribution is 2.41. The van der Waals surface area contributed by atoms with Gasteiger partial charge in [0.25, 0.3) is 5.91 Å². The number of rotatable bonds is 8. The second-order valence-electron chi connectivity index (χ2n) is 8.76. The minimum absolute atomic E-state index is 0.170. The molecule has 1 atom stereocenters. The molecule has 0 saturated heterocycles. The molecule has 2 aromatic carbocycles. The molecule has 2 heterocycles. The van der Waals surface area contributed by atoms with Crippen LogP contribution in [0.1, 0.15) is 54.1 Å². The number of hydrogen-bond donors (Lipinski definition) is 2. The average Bonchev–Trinajstić information content (AvgIpc) is 3.60. The highest BCUT2D eigenvalue weighted by Gasteiger charge is 2.29. The maximum Gasteiger partial charge on any atom is 0.341 e. The molecule has 1 aliphatic carbocycles. The summed E-state index contributed by atoms with van der Waals surface area (Å²) in [6.07, 6.45) is 3.81. The van der Waals surface area contributed by atoms with Crippen LogP contribution in [-0.4, -0.2) is 24.9 Å². The highest BCUT2D eigenvalue weighted by atomic mass is 32.2. The van der Waals surface area contributed by atoms with Crippen molar-refractivity contribution in [3.63, 3.8) is 0 Å². The number of hydrogen-bond acceptors (Lipinski definition) is 7. The summed E-state index contributed by atoms with van der Waals surface area (Å²) in [4.78, 5) is 41.6. The summed E-state index contributed by atoms with van der Waals surface area (Å²) in [6.45, 7) is 0. The van der Waals surface area contributed by atoms with Gasteiger partial charge in [0, 0.05) is 15.5 Å². The number of ether oxygens (including phenoxy) is 1. The Kier molecular flexibility index (Phi) is 8.26. The number of anilines is 2. The van der Waals surface area contributed by atoms with E-state index in [1.807, 2.05) is 66.0 Å². The Hall–Kier alpha value is -3.40. The summed E-state index contributed by atoms with van der Waals surface area (Å²) in [5.41, 5.74) is 2.97. The Labute approximate surface area is 233 Å². The molecule has 0 bridgehead atoms. The van der Waals surface area contributed by atoms with Crippen molar-refractivity contribution >= 4 is 62.9 Å². The molecule has 2 N–H and O–H groups in total. The fraction of sp³-hybridized carbons (Fsp3) is 0.207. The van der Waals surface area contributed by atoms with Gasteiger partial charge in [-0.05, 0) is 66.5 Å². The standard InChI is InChI=1S/C29H26N2O4S3/c1-35-29(34)24-21-13-5-6-14-22(21)38-28(24)31-27(33)25(18-9-3-2-4-10-18)37-20-12-7-11-19(17-20)30-26(32)23-15-8-16-36-23/h2-4,7-12,15-17,25H,5-6,13-14H2,1H3,(H,30,32)(H,31,33). The molecule has 0 aliphatic heterocycles. The molecule has 0 fully saturated rings. The van der Waals surface area contributed by atoms with Crippen molar-refractivity contribution < 1.29 is 19.1 Å². The van der Waals surface area contributed by atoms with Crippen LogP contribution in [0.15, 0.2) is 77.0 Å². The van der Waals surface area contributed by atoms with Crippen LogP contribution in [0.5, 0.6) is 0 Å². The molecule has 2 aromatic heterocycles. The van der Waals surface area contributed by atoms with Crippen LogP contribution in [0.3, 0.4) is 0 Å². The van der Waals surface area contributed by atoms with E-state index >= 15 is 0 Å². The van der Waals surface area contributed by atoms with Crippen LogP contribution in [0, 0.1) is 0 Å². The fourth-order valence-electron chi connectivity index (χ4n) is 4.43. The third-order valence-electron chi connectivity index (χ3n) is 6.23. The lowest BCUT2D eigenvalue weighted by atomic mass is 9.95. The largest absolute Gasteiger partial charge is 0.465 e. The van der Waals surface area contributed by atoms with Gasteiger partial charge in [0.05, 0.1) is 17.6 Å². The van der Waals surface area contributed by atoms with Gasteiger partial charge in [-0.1, -0.05) is 42.5 Å². The first-order valence-electron chi connectivity index (χ1n) is 12.2. The molecule has 194 valence electrons. The third kappa shape index (κ3) is 5.85. The van der Waals surface area contributed by atoms with Crippen LogP contribution < -0.4 is 10.6 Å². The fourth-order valence-corrected chi connectivity index (χ4v) is 7.42. The van der Waals surface area contributed by atoms with E-state index in [0.29, 0.717) is 21.1 Å². The Balaban J connectivity index is 1.41. The molecule has 0 saturated carbocycles. The van der Waals surface area contributed by atoms with Crippen molar-refractivity contribution in [3.8, 4) is 0 Å². The van der Waals surface area contributed by atoms with Gasteiger partial charge in [-0.2, -0.15) is 0 Å². The van der Waals surface area contributed by atoms with E-state index in [-0.39, 0.29) is 11.8 Å². The number of nitrogens with one attached hydrogen (secondary N) is 2. The molecular formula is C29H26N2O4S3. The minimum atomic E-state index is -0.580. The van der Waals surface area contributed by atoms with E-state index < -0.39 is 11.2 Å². The smallest absolute Gasteiger partial charge is 0.341 e. The summed E-state index contributed by atoms with van der Waals surface area (Å²) < 4.78 is 5.07. The maximum absolute atomic E-state index is 13.8. The molecule has 4 aromatic rings. The average molecular weight is 563 g/mol. The van der Waals surface area contributed by atoms with E-state index in [9.17, 15) is 14.4 Å². The van der Waals surface area contributed by atoms with Gasteiger partial charge in [0.2, 0.25) is 5.91 Å². The Morgan fingerprint density at radius 3 is 2.53 bits per heavy atom. The lowest BCUT2D eigenvalue weighted by Crippen LogP contribution is -2.20. The molecule has 6 nitrogen and oxygen atoms in total. The molecule has 1 unspecified atom stereocenters. The van der Waals surface area contributed by atoms with Gasteiger partial charge in [0.1, 0.15) is 10.3 Å². The van der Waals surface area contributed by atoms with E-state index in [1.165, 1.54) is 41.5 Å². The first-order valence-corrected chi connectivity index (χ1v) is 14.8. The highest BCUT2D eigenvalue weighted by molar-refractivity contribution is 8.00. The van der Waals surface area contributed by atoms with Gasteiger partial charge in [0.15, 0.2) is 0 Å². The van der Waals surface area contributed by atoms with E-state index in [0.717, 1.165) is 46.6 Å². The van der Waals surface area contributed by atoms with Crippen LogP contribution in [-0.2, 0) is 22.4 Å². The van der Waals surface area contributed by atoms with Gasteiger partial charge < -0.3 is 15.4 Å². The minimum Gasteiger partial charge on any atom is -0.465 e. The predicted octanol–water partition coefficient (Wildman–Crippen LogP) is 7.20. The second-order valence-corrected chi connectivity index (χ2v) is 12.0. The normalized spacial score (nSPS) is 13.3. The lowest BCUT2D eigenvalue weighted by molar-refractivity contribution is -0.115. The van der Waals surface area contributed by atoms with Crippen molar-refractivity contribution in [2.45, 2.75) is 35.8 Å². The molecule has 0 radical (unpaired) electrons. The zero-order chi connectivity index (χ0) is 26.5. The number of methoxy groups -OCH3 is 1. The van der Waals surface area contributed by atoms with Crippen LogP contribution in [0.2, 0.25) is 0 Å². The van der Waals surface area contributed by atoms with E-state index in [2.05, 4.69) is 10.6 Å². The number of aryl methyl sites for hydroxylation is 1. The number of esters is 1. The Bertz CT molecular complexity index is 1450. The quantitative estimate of drug-likeness (QED) is 0.175. The molecule has 38 heavy (non-hydrogen) atoms. The molecule has 2 amide bonds. The summed E-state index contributed by atoms with van der Waals surface area (Å²) >= 11 is 4.24. The number of carbonyl (C=O) groups excluding carboxylic acids is 3. The lowest BCUT2D eigenvalue weighted by Gasteiger charge is -2.18. The van der Waals surface area contributed by atoms with Crippen LogP contribution >= 0.6 is 34.4 Å². The zero-order valence-corrected chi connectivity index (χ0v) is 23.1. The van der Waals surface area contributed by atoms with Crippen molar-refractivity contribution in [1.82, 2.24) is 0 Å². The number of fused-ring (bicyclic) bond motifs is 1. The van der Waals surface area contributed by atoms with Gasteiger partial charge in [-0.25, -0.2) is 4.79 Å². The van der Waals surface area contributed by atoms with Crippen LogP contribution in [0.25, 0.3) is 0 Å². The monoisotopic (exact) mass is 562 g/mol. The molecule has 5 rings (SSSR count). The number of amides is 2. The van der Waals surface area contributed by atoms with E-state index in [1.54, 1.807) is 6.07 Å². The molecule has 0 spiro atoms. The second kappa shape index (κ2) is 12.0. The number of thiophene rings is 2. The summed E-state index contributed by atoms with van der Waals surface area (Å²) in [7, 11) is 1.37. The first kappa shape index (κ1) is 26.2. The third-order valence-corrected chi connectivity index (χ3v) is 9.55.